The third kappa shape index (κ3) is 6.62. The van der Waals surface area contributed by atoms with Gasteiger partial charge in [-0.05, 0) is 31.5 Å². The summed E-state index contributed by atoms with van der Waals surface area (Å²) in [6.07, 6.45) is 0.812. The summed E-state index contributed by atoms with van der Waals surface area (Å²) in [5, 5.41) is 2.67. The van der Waals surface area contributed by atoms with Crippen molar-refractivity contribution >= 4 is 17.8 Å². The summed E-state index contributed by atoms with van der Waals surface area (Å²) in [7, 11) is 2.98. The Hall–Kier alpha value is -2.77. The van der Waals surface area contributed by atoms with E-state index in [0.29, 0.717) is 24.7 Å². The Labute approximate surface area is 153 Å². The predicted molar refractivity (Wildman–Crippen MR) is 95.4 cm³/mol. The molecule has 8 heteroatoms. The Balaban J connectivity index is 2.58. The van der Waals surface area contributed by atoms with E-state index < -0.39 is 18.5 Å². The maximum Gasteiger partial charge on any atom is 0.338 e. The van der Waals surface area contributed by atoms with Crippen LogP contribution < -0.4 is 14.8 Å². The largest absolute Gasteiger partial charge is 0.493 e. The second kappa shape index (κ2) is 11.0. The fourth-order valence-electron chi connectivity index (χ4n) is 2.02. The van der Waals surface area contributed by atoms with Crippen molar-refractivity contribution in [2.45, 2.75) is 20.3 Å². The van der Waals surface area contributed by atoms with E-state index in [1.807, 2.05) is 13.8 Å². The highest BCUT2D eigenvalue weighted by molar-refractivity contribution is 5.92. The number of nitrogens with zero attached hydrogens (tertiary/aromatic N) is 1. The number of hydrogen-bond donors (Lipinski definition) is 1. The zero-order valence-electron chi connectivity index (χ0n) is 15.7. The number of hydrogen-bond acceptors (Lipinski definition) is 6. The van der Waals surface area contributed by atoms with Crippen molar-refractivity contribution < 1.29 is 28.6 Å². The van der Waals surface area contributed by atoms with Crippen LogP contribution in [-0.2, 0) is 14.3 Å². The molecule has 1 aromatic carbocycles. The lowest BCUT2D eigenvalue weighted by atomic mass is 10.2. The van der Waals surface area contributed by atoms with E-state index in [1.165, 1.54) is 31.2 Å². The maximum atomic E-state index is 12.1. The molecular weight excluding hydrogens is 340 g/mol. The number of nitrogens with one attached hydrogen (secondary N) is 1. The number of amides is 2. The average molecular weight is 366 g/mol. The van der Waals surface area contributed by atoms with Gasteiger partial charge >= 0.3 is 5.97 Å². The minimum atomic E-state index is -0.661. The van der Waals surface area contributed by atoms with Gasteiger partial charge in [-0.25, -0.2) is 4.79 Å². The van der Waals surface area contributed by atoms with E-state index in [1.54, 1.807) is 6.07 Å². The van der Waals surface area contributed by atoms with Crippen LogP contribution in [0.15, 0.2) is 18.2 Å². The van der Waals surface area contributed by atoms with E-state index in [-0.39, 0.29) is 18.0 Å². The quantitative estimate of drug-likeness (QED) is 0.626. The number of methoxy groups -OCH3 is 1. The molecule has 1 rings (SSSR count). The smallest absolute Gasteiger partial charge is 0.338 e. The molecule has 0 aliphatic heterocycles. The van der Waals surface area contributed by atoms with E-state index in [2.05, 4.69) is 5.32 Å². The van der Waals surface area contributed by atoms with Gasteiger partial charge in [0.25, 0.3) is 5.91 Å². The van der Waals surface area contributed by atoms with Crippen molar-refractivity contribution in [3.05, 3.63) is 23.8 Å². The Morgan fingerprint density at radius 2 is 1.88 bits per heavy atom. The molecule has 0 fully saturated rings. The van der Waals surface area contributed by atoms with Crippen molar-refractivity contribution in [2.24, 2.45) is 0 Å². The first-order valence-corrected chi connectivity index (χ1v) is 8.41. The van der Waals surface area contributed by atoms with Crippen LogP contribution >= 0.6 is 0 Å². The van der Waals surface area contributed by atoms with Crippen molar-refractivity contribution in [3.63, 3.8) is 0 Å². The lowest BCUT2D eigenvalue weighted by molar-refractivity contribution is -0.137. The molecule has 144 valence electrons. The van der Waals surface area contributed by atoms with Crippen LogP contribution in [0.4, 0.5) is 0 Å². The highest BCUT2D eigenvalue weighted by Crippen LogP contribution is 2.28. The maximum absolute atomic E-state index is 12.1. The average Bonchev–Trinajstić information content (AvgIpc) is 2.64. The minimum absolute atomic E-state index is 0.0899. The lowest BCUT2D eigenvalue weighted by Crippen LogP contribution is -2.40. The van der Waals surface area contributed by atoms with Gasteiger partial charge in [0.2, 0.25) is 5.91 Å². The normalized spacial score (nSPS) is 10.0. The van der Waals surface area contributed by atoms with E-state index in [9.17, 15) is 14.4 Å². The van der Waals surface area contributed by atoms with E-state index in [0.717, 1.165) is 6.42 Å². The SMILES string of the molecule is CCCNC(=O)CN(C)C(=O)COC(=O)c1ccc(OC)c(OCC)c1. The first kappa shape index (κ1) is 21.3. The molecule has 26 heavy (non-hydrogen) atoms. The van der Waals surface area contributed by atoms with Crippen LogP contribution in [-0.4, -0.2) is 63.1 Å². The van der Waals surface area contributed by atoms with Crippen molar-refractivity contribution in [1.29, 1.82) is 0 Å². The van der Waals surface area contributed by atoms with Crippen LogP contribution in [0.25, 0.3) is 0 Å². The van der Waals surface area contributed by atoms with Gasteiger partial charge in [-0.15, -0.1) is 0 Å². The van der Waals surface area contributed by atoms with Gasteiger partial charge < -0.3 is 24.4 Å². The van der Waals surface area contributed by atoms with Crippen LogP contribution in [0.2, 0.25) is 0 Å². The van der Waals surface area contributed by atoms with Crippen LogP contribution in [0.5, 0.6) is 11.5 Å². The molecule has 0 aliphatic rings. The fourth-order valence-corrected chi connectivity index (χ4v) is 2.02. The van der Waals surface area contributed by atoms with Crippen molar-refractivity contribution in [1.82, 2.24) is 10.2 Å². The van der Waals surface area contributed by atoms with Gasteiger partial charge in [-0.2, -0.15) is 0 Å². The third-order valence-corrected chi connectivity index (χ3v) is 3.40. The van der Waals surface area contributed by atoms with Gasteiger partial charge in [-0.1, -0.05) is 6.92 Å². The third-order valence-electron chi connectivity index (χ3n) is 3.40. The second-order valence-corrected chi connectivity index (χ2v) is 5.47. The van der Waals surface area contributed by atoms with Gasteiger partial charge in [0.1, 0.15) is 0 Å². The van der Waals surface area contributed by atoms with Crippen LogP contribution in [0, 0.1) is 0 Å². The highest BCUT2D eigenvalue weighted by Gasteiger charge is 2.17. The van der Waals surface area contributed by atoms with Crippen molar-refractivity contribution in [2.75, 3.05) is 40.5 Å². The number of esters is 1. The molecule has 0 heterocycles. The number of carbonyl (C=O) groups is 3. The molecule has 1 N–H and O–H groups in total. The summed E-state index contributed by atoms with van der Waals surface area (Å²) in [5.74, 6) is -0.474. The Kier molecular flexibility index (Phi) is 8.97. The Bertz CT molecular complexity index is 632. The van der Waals surface area contributed by atoms with Gasteiger partial charge in [0.15, 0.2) is 18.1 Å². The topological polar surface area (TPSA) is 94.2 Å². The van der Waals surface area contributed by atoms with Gasteiger partial charge in [-0.3, -0.25) is 9.59 Å². The molecule has 0 bridgehead atoms. The second-order valence-electron chi connectivity index (χ2n) is 5.47. The summed E-state index contributed by atoms with van der Waals surface area (Å²) in [6, 6.07) is 4.61. The van der Waals surface area contributed by atoms with E-state index >= 15 is 0 Å². The monoisotopic (exact) mass is 366 g/mol. The molecule has 0 unspecified atom stereocenters. The molecule has 0 spiro atoms. The Morgan fingerprint density at radius 1 is 1.15 bits per heavy atom. The summed E-state index contributed by atoms with van der Waals surface area (Å²) in [6.45, 7) is 4.17. The minimum Gasteiger partial charge on any atom is -0.493 e. The molecule has 0 radical (unpaired) electrons. The first-order chi connectivity index (χ1) is 12.4. The van der Waals surface area contributed by atoms with Crippen LogP contribution in [0.3, 0.4) is 0 Å². The molecular formula is C18H26N2O6. The lowest BCUT2D eigenvalue weighted by Gasteiger charge is -2.16. The molecule has 0 aliphatic carbocycles. The number of rotatable bonds is 10. The molecule has 1 aromatic rings. The zero-order chi connectivity index (χ0) is 19.5. The molecule has 0 saturated carbocycles. The number of likely N-dealkylation sites (N-methyl/N-ethyl adjacent to an activating group) is 1. The molecule has 2 amide bonds. The summed E-state index contributed by atoms with van der Waals surface area (Å²) < 4.78 is 15.6. The molecule has 0 atom stereocenters. The first-order valence-electron chi connectivity index (χ1n) is 8.41. The summed E-state index contributed by atoms with van der Waals surface area (Å²) >= 11 is 0. The Morgan fingerprint density at radius 3 is 2.50 bits per heavy atom. The highest BCUT2D eigenvalue weighted by atomic mass is 16.5. The van der Waals surface area contributed by atoms with Crippen LogP contribution in [0.1, 0.15) is 30.6 Å². The zero-order valence-corrected chi connectivity index (χ0v) is 15.7. The molecule has 0 saturated heterocycles. The summed E-state index contributed by atoms with van der Waals surface area (Å²) in [5.41, 5.74) is 0.241. The predicted octanol–water partition coefficient (Wildman–Crippen LogP) is 1.24. The fraction of sp³-hybridized carbons (Fsp3) is 0.500. The summed E-state index contributed by atoms with van der Waals surface area (Å²) in [4.78, 5) is 36.9. The number of carbonyl (C=O) groups excluding carboxylic acids is 3. The van der Waals surface area contributed by atoms with Gasteiger partial charge in [0.05, 0.1) is 25.8 Å². The standard InChI is InChI=1S/C18H26N2O6/c1-5-9-19-16(21)11-20(3)17(22)12-26-18(23)13-7-8-14(24-4)15(10-13)25-6-2/h7-8,10H,5-6,9,11-12H2,1-4H3,(H,19,21). The van der Waals surface area contributed by atoms with Crippen molar-refractivity contribution in [3.8, 4) is 11.5 Å². The van der Waals surface area contributed by atoms with E-state index in [4.69, 9.17) is 14.2 Å². The molecule has 0 aromatic heterocycles. The van der Waals surface area contributed by atoms with Gasteiger partial charge in [0, 0.05) is 13.6 Å². The number of ether oxygens (including phenoxy) is 3. The molecule has 8 nitrogen and oxygen atoms in total. The number of benzene rings is 1.